The van der Waals surface area contributed by atoms with E-state index in [1.165, 1.54) is 6.21 Å². The highest BCUT2D eigenvalue weighted by molar-refractivity contribution is 5.99. The van der Waals surface area contributed by atoms with Crippen LogP contribution in [0.25, 0.3) is 0 Å². The summed E-state index contributed by atoms with van der Waals surface area (Å²) in [5, 5.41) is 13.8. The standard InChI is InChI=1S/C16H17N3O3/c1-2-22-14-9-5-6-11(15(14)20)10-18-19-16(21)12-7-3-4-8-13(12)17/h3-10,20H,2,17H2,1H3,(H,19,21)/b18-10-. The number of nitrogen functional groups attached to an aromatic ring is 1. The molecular weight excluding hydrogens is 282 g/mol. The number of benzene rings is 2. The number of carbonyl (C=O) groups is 1. The van der Waals surface area contributed by atoms with Crippen molar-refractivity contribution < 1.29 is 14.6 Å². The van der Waals surface area contributed by atoms with Crippen LogP contribution in [0.1, 0.15) is 22.8 Å². The fourth-order valence-electron chi connectivity index (χ4n) is 1.84. The number of nitrogens with zero attached hydrogens (tertiary/aromatic N) is 1. The monoisotopic (exact) mass is 299 g/mol. The molecule has 0 aliphatic heterocycles. The maximum atomic E-state index is 11.9. The highest BCUT2D eigenvalue weighted by atomic mass is 16.5. The Morgan fingerprint density at radius 2 is 2.09 bits per heavy atom. The molecular formula is C16H17N3O3. The number of hydrazone groups is 1. The second-order valence-corrected chi connectivity index (χ2v) is 4.41. The Morgan fingerprint density at radius 3 is 2.82 bits per heavy atom. The molecule has 22 heavy (non-hydrogen) atoms. The molecule has 0 bridgehead atoms. The fraction of sp³-hybridized carbons (Fsp3) is 0.125. The summed E-state index contributed by atoms with van der Waals surface area (Å²) in [5.74, 6) is -0.0820. The Morgan fingerprint density at radius 1 is 1.32 bits per heavy atom. The normalized spacial score (nSPS) is 10.6. The largest absolute Gasteiger partial charge is 0.504 e. The van der Waals surface area contributed by atoms with Crippen LogP contribution in [-0.2, 0) is 0 Å². The van der Waals surface area contributed by atoms with E-state index in [4.69, 9.17) is 10.5 Å². The van der Waals surface area contributed by atoms with Gasteiger partial charge in [0, 0.05) is 11.3 Å². The highest BCUT2D eigenvalue weighted by Crippen LogP contribution is 2.28. The molecule has 0 atom stereocenters. The molecule has 0 aromatic heterocycles. The number of phenols is 1. The van der Waals surface area contributed by atoms with Crippen molar-refractivity contribution >= 4 is 17.8 Å². The number of phenolic OH excluding ortho intramolecular Hbond substituents is 1. The molecule has 114 valence electrons. The van der Waals surface area contributed by atoms with Crippen LogP contribution in [0.4, 0.5) is 5.69 Å². The van der Waals surface area contributed by atoms with Crippen molar-refractivity contribution in [1.82, 2.24) is 5.43 Å². The molecule has 0 spiro atoms. The molecule has 1 amide bonds. The van der Waals surface area contributed by atoms with Crippen LogP contribution < -0.4 is 15.9 Å². The van der Waals surface area contributed by atoms with Crippen molar-refractivity contribution in [2.45, 2.75) is 6.92 Å². The van der Waals surface area contributed by atoms with Crippen LogP contribution in [0.3, 0.4) is 0 Å². The number of aromatic hydroxyl groups is 1. The minimum absolute atomic E-state index is 0.0263. The molecule has 0 heterocycles. The molecule has 0 saturated carbocycles. The van der Waals surface area contributed by atoms with Gasteiger partial charge < -0.3 is 15.6 Å². The molecule has 2 rings (SSSR count). The van der Waals surface area contributed by atoms with Gasteiger partial charge in [0.1, 0.15) is 0 Å². The summed E-state index contributed by atoms with van der Waals surface area (Å²) in [6.07, 6.45) is 1.34. The van der Waals surface area contributed by atoms with Gasteiger partial charge in [-0.15, -0.1) is 0 Å². The summed E-state index contributed by atoms with van der Waals surface area (Å²) in [5.41, 5.74) is 9.23. The van der Waals surface area contributed by atoms with Crippen LogP contribution in [0, 0.1) is 0 Å². The van der Waals surface area contributed by atoms with Gasteiger partial charge in [0.25, 0.3) is 5.91 Å². The van der Waals surface area contributed by atoms with Gasteiger partial charge in [-0.05, 0) is 31.2 Å². The lowest BCUT2D eigenvalue weighted by molar-refractivity contribution is 0.0956. The van der Waals surface area contributed by atoms with Gasteiger partial charge in [0.2, 0.25) is 0 Å². The van der Waals surface area contributed by atoms with Crippen LogP contribution in [0.15, 0.2) is 47.6 Å². The van der Waals surface area contributed by atoms with Gasteiger partial charge in [-0.3, -0.25) is 4.79 Å². The van der Waals surface area contributed by atoms with Gasteiger partial charge >= 0.3 is 0 Å². The van der Waals surface area contributed by atoms with E-state index in [1.54, 1.807) is 42.5 Å². The maximum absolute atomic E-state index is 11.9. The Kier molecular flexibility index (Phi) is 4.98. The lowest BCUT2D eigenvalue weighted by atomic mass is 10.2. The summed E-state index contributed by atoms with van der Waals surface area (Å²) in [7, 11) is 0. The zero-order valence-electron chi connectivity index (χ0n) is 12.1. The molecule has 2 aromatic rings. The molecule has 6 nitrogen and oxygen atoms in total. The van der Waals surface area contributed by atoms with Crippen LogP contribution in [-0.4, -0.2) is 23.8 Å². The summed E-state index contributed by atoms with van der Waals surface area (Å²) in [4.78, 5) is 11.9. The van der Waals surface area contributed by atoms with Gasteiger partial charge in [0.15, 0.2) is 11.5 Å². The number of hydrogen-bond donors (Lipinski definition) is 3. The topological polar surface area (TPSA) is 96.9 Å². The number of para-hydroxylation sites is 2. The Balaban J connectivity index is 2.09. The highest BCUT2D eigenvalue weighted by Gasteiger charge is 2.08. The van der Waals surface area contributed by atoms with E-state index in [0.717, 1.165) is 0 Å². The number of amides is 1. The minimum Gasteiger partial charge on any atom is -0.504 e. The molecule has 0 unspecified atom stereocenters. The smallest absolute Gasteiger partial charge is 0.273 e. The predicted octanol–water partition coefficient (Wildman–Crippen LogP) is 2.14. The molecule has 2 aromatic carbocycles. The third-order valence-electron chi connectivity index (χ3n) is 2.91. The van der Waals surface area contributed by atoms with E-state index in [1.807, 2.05) is 6.92 Å². The fourth-order valence-corrected chi connectivity index (χ4v) is 1.84. The minimum atomic E-state index is -0.421. The zero-order valence-corrected chi connectivity index (χ0v) is 12.1. The second kappa shape index (κ2) is 7.12. The molecule has 0 aliphatic carbocycles. The lowest BCUT2D eigenvalue weighted by Gasteiger charge is -2.07. The predicted molar refractivity (Wildman–Crippen MR) is 85.2 cm³/mol. The Bertz CT molecular complexity index is 699. The van der Waals surface area contributed by atoms with Gasteiger partial charge in [-0.1, -0.05) is 18.2 Å². The molecule has 0 saturated heterocycles. The summed E-state index contributed by atoms with van der Waals surface area (Å²) in [6.45, 7) is 2.27. The Hall–Kier alpha value is -3.02. The summed E-state index contributed by atoms with van der Waals surface area (Å²) < 4.78 is 5.27. The van der Waals surface area contributed by atoms with Crippen LogP contribution >= 0.6 is 0 Å². The van der Waals surface area contributed by atoms with Gasteiger partial charge in [0.05, 0.1) is 18.4 Å². The molecule has 0 radical (unpaired) electrons. The van der Waals surface area contributed by atoms with E-state index in [0.29, 0.717) is 29.2 Å². The van der Waals surface area contributed by atoms with E-state index in [9.17, 15) is 9.90 Å². The quantitative estimate of drug-likeness (QED) is 0.447. The van der Waals surface area contributed by atoms with E-state index in [2.05, 4.69) is 10.5 Å². The van der Waals surface area contributed by atoms with Crippen molar-refractivity contribution in [3.63, 3.8) is 0 Å². The third-order valence-corrected chi connectivity index (χ3v) is 2.91. The molecule has 4 N–H and O–H groups in total. The first-order chi connectivity index (χ1) is 10.6. The number of carbonyl (C=O) groups excluding carboxylic acids is 1. The number of rotatable bonds is 5. The average Bonchev–Trinajstić information content (AvgIpc) is 2.51. The van der Waals surface area contributed by atoms with E-state index >= 15 is 0 Å². The summed E-state index contributed by atoms with van der Waals surface area (Å²) in [6, 6.07) is 11.7. The Labute approximate surface area is 128 Å². The van der Waals surface area contributed by atoms with Gasteiger partial charge in [-0.25, -0.2) is 5.43 Å². The first kappa shape index (κ1) is 15.4. The molecule has 6 heteroatoms. The van der Waals surface area contributed by atoms with Crippen molar-refractivity contribution in [2.75, 3.05) is 12.3 Å². The number of anilines is 1. The van der Waals surface area contributed by atoms with Crippen molar-refractivity contribution in [2.24, 2.45) is 5.10 Å². The number of nitrogens with two attached hydrogens (primary N) is 1. The van der Waals surface area contributed by atoms with Crippen molar-refractivity contribution in [3.8, 4) is 11.5 Å². The number of nitrogens with one attached hydrogen (secondary N) is 1. The van der Waals surface area contributed by atoms with Crippen LogP contribution in [0.5, 0.6) is 11.5 Å². The first-order valence-corrected chi connectivity index (χ1v) is 6.76. The lowest BCUT2D eigenvalue weighted by Crippen LogP contribution is -2.19. The van der Waals surface area contributed by atoms with E-state index in [-0.39, 0.29) is 5.75 Å². The van der Waals surface area contributed by atoms with Gasteiger partial charge in [-0.2, -0.15) is 5.10 Å². The first-order valence-electron chi connectivity index (χ1n) is 6.76. The third kappa shape index (κ3) is 3.54. The molecule has 0 fully saturated rings. The zero-order chi connectivity index (χ0) is 15.9. The van der Waals surface area contributed by atoms with E-state index < -0.39 is 5.91 Å². The second-order valence-electron chi connectivity index (χ2n) is 4.41. The van der Waals surface area contributed by atoms with Crippen LogP contribution in [0.2, 0.25) is 0 Å². The average molecular weight is 299 g/mol. The van der Waals surface area contributed by atoms with Crippen molar-refractivity contribution in [3.05, 3.63) is 53.6 Å². The SMILES string of the molecule is CCOc1cccc(/C=N\NC(=O)c2ccccc2N)c1O. The maximum Gasteiger partial charge on any atom is 0.273 e. The molecule has 0 aliphatic rings. The summed E-state index contributed by atoms with van der Waals surface area (Å²) >= 11 is 0. The number of ether oxygens (including phenoxy) is 1. The van der Waals surface area contributed by atoms with Crippen molar-refractivity contribution in [1.29, 1.82) is 0 Å². The number of hydrogen-bond acceptors (Lipinski definition) is 5.